The Bertz CT molecular complexity index is 364. The molecule has 0 amide bonds. The summed E-state index contributed by atoms with van der Waals surface area (Å²) in [5.41, 5.74) is 7.03. The van der Waals surface area contributed by atoms with Gasteiger partial charge < -0.3 is 10.6 Å². The van der Waals surface area contributed by atoms with E-state index in [-0.39, 0.29) is 6.04 Å². The number of hydrogen-bond donors (Lipinski definition) is 1. The molecule has 1 fully saturated rings. The van der Waals surface area contributed by atoms with Gasteiger partial charge in [-0.1, -0.05) is 13.0 Å². The molecule has 100 valence electrons. The lowest BCUT2D eigenvalue weighted by molar-refractivity contribution is 0.715. The molecule has 4 heteroatoms. The average Bonchev–Trinajstić information content (AvgIpc) is 2.39. The minimum Gasteiger partial charge on any atom is -0.355 e. The van der Waals surface area contributed by atoms with E-state index >= 15 is 0 Å². The van der Waals surface area contributed by atoms with Crippen molar-refractivity contribution >= 4 is 17.6 Å². The maximum atomic E-state index is 5.80. The number of rotatable bonds is 4. The third-order valence-corrected chi connectivity index (χ3v) is 4.66. The van der Waals surface area contributed by atoms with Crippen LogP contribution in [0.4, 0.5) is 5.82 Å². The van der Waals surface area contributed by atoms with Crippen molar-refractivity contribution in [1.29, 1.82) is 0 Å². The number of nitrogens with zero attached hydrogens (tertiary/aromatic N) is 2. The van der Waals surface area contributed by atoms with Gasteiger partial charge in [-0.25, -0.2) is 4.98 Å². The molecular formula is C14H23N3S. The molecule has 2 unspecified atom stereocenters. The highest BCUT2D eigenvalue weighted by Gasteiger charge is 2.19. The van der Waals surface area contributed by atoms with Crippen LogP contribution in [0, 0.1) is 0 Å². The number of hydrogen-bond acceptors (Lipinski definition) is 4. The highest BCUT2D eigenvalue weighted by Crippen LogP contribution is 2.24. The highest BCUT2D eigenvalue weighted by atomic mass is 32.2. The van der Waals surface area contributed by atoms with Crippen molar-refractivity contribution in [3.05, 3.63) is 23.9 Å². The van der Waals surface area contributed by atoms with Crippen molar-refractivity contribution in [2.75, 3.05) is 23.7 Å². The number of pyridine rings is 1. The standard InChI is InChI=1S/C14H23N3S/c1-3-13-10-17(6-7-18-13)14-5-4-12(9-16-14)8-11(2)15/h4-5,9,11,13H,3,6-8,10,15H2,1-2H3. The molecule has 2 N–H and O–H groups in total. The van der Waals surface area contributed by atoms with Crippen LogP contribution in [0.5, 0.6) is 0 Å². The van der Waals surface area contributed by atoms with E-state index in [2.05, 4.69) is 40.7 Å². The Morgan fingerprint density at radius 3 is 3.00 bits per heavy atom. The summed E-state index contributed by atoms with van der Waals surface area (Å²) in [5, 5.41) is 0.754. The van der Waals surface area contributed by atoms with E-state index < -0.39 is 0 Å². The van der Waals surface area contributed by atoms with Crippen LogP contribution in [0.1, 0.15) is 25.8 Å². The third kappa shape index (κ3) is 3.62. The van der Waals surface area contributed by atoms with Crippen molar-refractivity contribution in [3.8, 4) is 0 Å². The van der Waals surface area contributed by atoms with E-state index in [1.165, 1.54) is 17.7 Å². The zero-order chi connectivity index (χ0) is 13.0. The van der Waals surface area contributed by atoms with Gasteiger partial charge in [0.1, 0.15) is 5.82 Å². The van der Waals surface area contributed by atoms with Crippen LogP contribution < -0.4 is 10.6 Å². The Labute approximate surface area is 114 Å². The molecule has 3 nitrogen and oxygen atoms in total. The van der Waals surface area contributed by atoms with E-state index in [0.29, 0.717) is 0 Å². The number of thioether (sulfide) groups is 1. The SMILES string of the molecule is CCC1CN(c2ccc(CC(C)N)cn2)CCS1. The largest absolute Gasteiger partial charge is 0.355 e. The van der Waals surface area contributed by atoms with Crippen LogP contribution in [0.2, 0.25) is 0 Å². The maximum absolute atomic E-state index is 5.80. The molecule has 0 bridgehead atoms. The Balaban J connectivity index is 2.00. The van der Waals surface area contributed by atoms with Crippen LogP contribution >= 0.6 is 11.8 Å². The summed E-state index contributed by atoms with van der Waals surface area (Å²) in [6, 6.07) is 4.50. The first kappa shape index (κ1) is 13.7. The minimum absolute atomic E-state index is 0.202. The van der Waals surface area contributed by atoms with Crippen molar-refractivity contribution in [3.63, 3.8) is 0 Å². The fraction of sp³-hybridized carbons (Fsp3) is 0.643. The molecule has 0 radical (unpaired) electrons. The predicted molar refractivity (Wildman–Crippen MR) is 80.3 cm³/mol. The predicted octanol–water partition coefficient (Wildman–Crippen LogP) is 2.30. The Kier molecular flexibility index (Phi) is 4.89. The second-order valence-corrected chi connectivity index (χ2v) is 6.46. The molecule has 1 aromatic rings. The summed E-state index contributed by atoms with van der Waals surface area (Å²) in [6.07, 6.45) is 4.12. The molecule has 0 aromatic carbocycles. The molecular weight excluding hydrogens is 242 g/mol. The lowest BCUT2D eigenvalue weighted by atomic mass is 10.1. The molecule has 0 aliphatic carbocycles. The maximum Gasteiger partial charge on any atom is 0.128 e. The minimum atomic E-state index is 0.202. The number of nitrogens with two attached hydrogens (primary N) is 1. The summed E-state index contributed by atoms with van der Waals surface area (Å²) in [6.45, 7) is 6.53. The Hall–Kier alpha value is -0.740. The Morgan fingerprint density at radius 2 is 2.39 bits per heavy atom. The normalized spacial score (nSPS) is 21.9. The summed E-state index contributed by atoms with van der Waals surface area (Å²) in [7, 11) is 0. The molecule has 2 atom stereocenters. The highest BCUT2D eigenvalue weighted by molar-refractivity contribution is 8.00. The molecule has 2 rings (SSSR count). The van der Waals surface area contributed by atoms with Gasteiger partial charge in [-0.05, 0) is 31.4 Å². The molecule has 0 saturated carbocycles. The van der Waals surface area contributed by atoms with Gasteiger partial charge in [0.05, 0.1) is 0 Å². The first-order valence-electron chi connectivity index (χ1n) is 6.76. The van der Waals surface area contributed by atoms with Gasteiger partial charge in [0.15, 0.2) is 0 Å². The molecule has 1 aromatic heterocycles. The molecule has 1 aliphatic rings. The molecule has 18 heavy (non-hydrogen) atoms. The van der Waals surface area contributed by atoms with E-state index in [4.69, 9.17) is 5.73 Å². The first-order chi connectivity index (χ1) is 8.69. The van der Waals surface area contributed by atoms with Crippen molar-refractivity contribution < 1.29 is 0 Å². The molecule has 1 aliphatic heterocycles. The monoisotopic (exact) mass is 265 g/mol. The zero-order valence-corrected chi connectivity index (χ0v) is 12.1. The summed E-state index contributed by atoms with van der Waals surface area (Å²) >= 11 is 2.09. The van der Waals surface area contributed by atoms with Gasteiger partial charge in [-0.15, -0.1) is 0 Å². The second kappa shape index (κ2) is 6.43. The summed E-state index contributed by atoms with van der Waals surface area (Å²) in [4.78, 5) is 6.99. The fourth-order valence-electron chi connectivity index (χ4n) is 2.27. The van der Waals surface area contributed by atoms with E-state index in [0.717, 1.165) is 30.6 Å². The van der Waals surface area contributed by atoms with Gasteiger partial charge in [0, 0.05) is 36.3 Å². The quantitative estimate of drug-likeness (QED) is 0.907. The van der Waals surface area contributed by atoms with Gasteiger partial charge in [-0.3, -0.25) is 0 Å². The molecule has 1 saturated heterocycles. The smallest absolute Gasteiger partial charge is 0.128 e. The average molecular weight is 265 g/mol. The topological polar surface area (TPSA) is 42.1 Å². The van der Waals surface area contributed by atoms with Crippen molar-refractivity contribution in [2.45, 2.75) is 38.0 Å². The van der Waals surface area contributed by atoms with E-state index in [1.54, 1.807) is 0 Å². The van der Waals surface area contributed by atoms with Crippen LogP contribution in [0.25, 0.3) is 0 Å². The van der Waals surface area contributed by atoms with Crippen LogP contribution in [-0.2, 0) is 6.42 Å². The lowest BCUT2D eigenvalue weighted by Crippen LogP contribution is -2.38. The number of aromatic nitrogens is 1. The first-order valence-corrected chi connectivity index (χ1v) is 7.81. The zero-order valence-electron chi connectivity index (χ0n) is 11.3. The second-order valence-electron chi connectivity index (χ2n) is 5.05. The van der Waals surface area contributed by atoms with Gasteiger partial charge in [-0.2, -0.15) is 11.8 Å². The van der Waals surface area contributed by atoms with Crippen LogP contribution in [-0.4, -0.2) is 35.1 Å². The van der Waals surface area contributed by atoms with Gasteiger partial charge >= 0.3 is 0 Å². The van der Waals surface area contributed by atoms with Gasteiger partial charge in [0.25, 0.3) is 0 Å². The van der Waals surface area contributed by atoms with Crippen LogP contribution in [0.15, 0.2) is 18.3 Å². The fourth-order valence-corrected chi connectivity index (χ4v) is 3.45. The van der Waals surface area contributed by atoms with Gasteiger partial charge in [0.2, 0.25) is 0 Å². The summed E-state index contributed by atoms with van der Waals surface area (Å²) < 4.78 is 0. The van der Waals surface area contributed by atoms with E-state index in [9.17, 15) is 0 Å². The number of anilines is 1. The van der Waals surface area contributed by atoms with Crippen LogP contribution in [0.3, 0.4) is 0 Å². The third-order valence-electron chi connectivity index (χ3n) is 3.28. The van der Waals surface area contributed by atoms with Crippen molar-refractivity contribution in [1.82, 2.24) is 4.98 Å². The molecule has 2 heterocycles. The lowest BCUT2D eigenvalue weighted by Gasteiger charge is -2.32. The van der Waals surface area contributed by atoms with Crippen molar-refractivity contribution in [2.24, 2.45) is 5.73 Å². The van der Waals surface area contributed by atoms with E-state index in [1.807, 2.05) is 13.1 Å². The molecule has 0 spiro atoms. The summed E-state index contributed by atoms with van der Waals surface area (Å²) in [5.74, 6) is 2.32. The Morgan fingerprint density at radius 1 is 1.56 bits per heavy atom.